The normalized spacial score (nSPS) is 30.1. The van der Waals surface area contributed by atoms with Crippen molar-refractivity contribution >= 4 is 23.1 Å². The van der Waals surface area contributed by atoms with Gasteiger partial charge in [0.05, 0.1) is 17.1 Å². The van der Waals surface area contributed by atoms with Gasteiger partial charge in [-0.15, -0.1) is 0 Å². The van der Waals surface area contributed by atoms with Gasteiger partial charge in [-0.3, -0.25) is 19.2 Å². The molecule has 1 fully saturated rings. The first-order valence-electron chi connectivity index (χ1n) is 10.7. The molecule has 0 saturated heterocycles. The number of hydrogen-bond acceptors (Lipinski definition) is 7. The number of hydrogen-bond donors (Lipinski definition) is 3. The fourth-order valence-corrected chi connectivity index (χ4v) is 5.92. The first-order chi connectivity index (χ1) is 14.6. The van der Waals surface area contributed by atoms with Gasteiger partial charge in [0, 0.05) is 18.0 Å². The number of phenols is 1. The van der Waals surface area contributed by atoms with E-state index in [1.54, 1.807) is 13.0 Å². The second-order valence-electron chi connectivity index (χ2n) is 9.07. The number of fused-ring (bicyclic) bond motifs is 3. The third-order valence-corrected chi connectivity index (χ3v) is 7.39. The van der Waals surface area contributed by atoms with E-state index in [2.05, 4.69) is 0 Å². The van der Waals surface area contributed by atoms with Gasteiger partial charge in [-0.2, -0.15) is 0 Å². The maximum atomic E-state index is 13.5. The van der Waals surface area contributed by atoms with E-state index in [-0.39, 0.29) is 35.8 Å². The molecule has 4 N–H and O–H groups in total. The van der Waals surface area contributed by atoms with Crippen LogP contribution < -0.4 is 5.73 Å². The molecule has 7 nitrogen and oxygen atoms in total. The highest BCUT2D eigenvalue weighted by Gasteiger charge is 2.63. The summed E-state index contributed by atoms with van der Waals surface area (Å²) in [5.74, 6) is -5.32. The number of ketones is 4. The van der Waals surface area contributed by atoms with Crippen LogP contribution in [-0.4, -0.2) is 38.9 Å². The zero-order valence-electron chi connectivity index (χ0n) is 17.9. The number of aryl methyl sites for hydroxylation is 1. The zero-order chi connectivity index (χ0) is 22.8. The molecular weight excluding hydrogens is 398 g/mol. The van der Waals surface area contributed by atoms with Crippen molar-refractivity contribution in [3.63, 3.8) is 0 Å². The van der Waals surface area contributed by atoms with Gasteiger partial charge >= 0.3 is 0 Å². The number of aromatic hydroxyl groups is 1. The lowest BCUT2D eigenvalue weighted by molar-refractivity contribution is -0.165. The molecule has 0 amide bonds. The number of rotatable bonds is 3. The number of carbonyl (C=O) groups excluding carboxylic acids is 4. The number of phenolic OH excluding ortho intramolecular Hbond substituents is 1. The molecule has 1 aromatic carbocycles. The second-order valence-corrected chi connectivity index (χ2v) is 9.07. The lowest BCUT2D eigenvalue weighted by Crippen LogP contribution is -2.64. The van der Waals surface area contributed by atoms with E-state index in [9.17, 15) is 29.4 Å². The molecule has 4 rings (SSSR count). The Morgan fingerprint density at radius 3 is 2.48 bits per heavy atom. The van der Waals surface area contributed by atoms with Gasteiger partial charge in [-0.05, 0) is 56.6 Å². The fourth-order valence-electron chi connectivity index (χ4n) is 5.92. The molecule has 0 aliphatic heterocycles. The molecule has 31 heavy (non-hydrogen) atoms. The van der Waals surface area contributed by atoms with Gasteiger partial charge in [0.2, 0.25) is 5.78 Å². The van der Waals surface area contributed by atoms with Crippen LogP contribution in [0.5, 0.6) is 5.75 Å². The van der Waals surface area contributed by atoms with Crippen LogP contribution in [0, 0.1) is 17.8 Å². The Morgan fingerprint density at radius 2 is 1.90 bits per heavy atom. The molecule has 0 spiro atoms. The van der Waals surface area contributed by atoms with Crippen molar-refractivity contribution in [3.05, 3.63) is 39.5 Å². The highest BCUT2D eigenvalue weighted by molar-refractivity contribution is 6.32. The van der Waals surface area contributed by atoms with E-state index < -0.39 is 40.6 Å². The maximum Gasteiger partial charge on any atom is 0.205 e. The predicted octanol–water partition coefficient (Wildman–Crippen LogP) is 1.58. The van der Waals surface area contributed by atoms with Crippen LogP contribution in [0.15, 0.2) is 17.2 Å². The molecule has 0 aromatic heterocycles. The molecule has 1 unspecified atom stereocenters. The minimum Gasteiger partial charge on any atom is -0.507 e. The Labute approximate surface area is 180 Å². The maximum absolute atomic E-state index is 13.5. The molecule has 7 heteroatoms. The number of nitrogens with two attached hydrogens (primary N) is 1. The minimum absolute atomic E-state index is 0.0397. The van der Waals surface area contributed by atoms with Gasteiger partial charge in [0.25, 0.3) is 0 Å². The third kappa shape index (κ3) is 2.79. The summed E-state index contributed by atoms with van der Waals surface area (Å²) in [5.41, 5.74) is 5.91. The third-order valence-electron chi connectivity index (χ3n) is 7.39. The summed E-state index contributed by atoms with van der Waals surface area (Å²) >= 11 is 0. The van der Waals surface area contributed by atoms with Crippen LogP contribution in [0.1, 0.15) is 60.7 Å². The van der Waals surface area contributed by atoms with Gasteiger partial charge in [0.1, 0.15) is 5.75 Å². The summed E-state index contributed by atoms with van der Waals surface area (Å²) < 4.78 is 0. The Kier molecular flexibility index (Phi) is 5.02. The summed E-state index contributed by atoms with van der Waals surface area (Å²) in [6, 6.07) is 1.80. The van der Waals surface area contributed by atoms with Crippen LogP contribution in [0.2, 0.25) is 0 Å². The predicted molar refractivity (Wildman–Crippen MR) is 111 cm³/mol. The van der Waals surface area contributed by atoms with E-state index >= 15 is 0 Å². The van der Waals surface area contributed by atoms with E-state index in [1.807, 2.05) is 6.92 Å². The van der Waals surface area contributed by atoms with Gasteiger partial charge < -0.3 is 15.9 Å². The molecule has 3 aliphatic rings. The van der Waals surface area contributed by atoms with E-state index in [4.69, 9.17) is 5.73 Å². The second kappa shape index (κ2) is 7.21. The summed E-state index contributed by atoms with van der Waals surface area (Å²) in [6.45, 7) is 4.90. The average molecular weight is 425 g/mol. The standard InChI is InChI=1S/C24H27NO6/c1-4-12-6-14(9-25)20(27)19-16(12)8-13-7-15-5-10(2)17(11(3)26)22(29)24(15,31)23(30)18(13)21(19)28/h6,13,15,18,27,31H,4-5,7-9,25H2,1-3H3/t13-,15-,18?,24-/m1/s1. The first-order valence-corrected chi connectivity index (χ1v) is 10.7. The Bertz CT molecular complexity index is 1080. The lowest BCUT2D eigenvalue weighted by Gasteiger charge is -2.48. The molecular formula is C24H27NO6. The molecule has 0 bridgehead atoms. The van der Waals surface area contributed by atoms with Crippen LogP contribution in [0.4, 0.5) is 0 Å². The number of carbonyl (C=O) groups is 4. The van der Waals surface area contributed by atoms with Crippen LogP contribution in [-0.2, 0) is 33.8 Å². The molecule has 0 radical (unpaired) electrons. The molecule has 1 aromatic rings. The monoisotopic (exact) mass is 425 g/mol. The molecule has 164 valence electrons. The number of aliphatic hydroxyl groups is 1. The number of Topliss-reactive ketones (excluding diaryl/α,β-unsaturated/α-hetero) is 4. The highest BCUT2D eigenvalue weighted by Crippen LogP contribution is 2.51. The topological polar surface area (TPSA) is 135 Å². The quantitative estimate of drug-likeness (QED) is 0.494. The van der Waals surface area contributed by atoms with Crippen molar-refractivity contribution in [2.24, 2.45) is 23.5 Å². The zero-order valence-corrected chi connectivity index (χ0v) is 17.9. The van der Waals surface area contributed by atoms with E-state index in [0.717, 1.165) is 11.1 Å². The van der Waals surface area contributed by atoms with Crippen LogP contribution in [0.25, 0.3) is 0 Å². The van der Waals surface area contributed by atoms with Crippen molar-refractivity contribution in [1.82, 2.24) is 0 Å². The molecule has 0 heterocycles. The van der Waals surface area contributed by atoms with Crippen molar-refractivity contribution < 1.29 is 29.4 Å². The Hall–Kier alpha value is -2.64. The summed E-state index contributed by atoms with van der Waals surface area (Å²) in [5, 5.41) is 22.0. The Balaban J connectivity index is 1.86. The van der Waals surface area contributed by atoms with Gasteiger partial charge in [-0.1, -0.05) is 18.6 Å². The fraction of sp³-hybridized carbons (Fsp3) is 0.500. The van der Waals surface area contributed by atoms with Crippen LogP contribution >= 0.6 is 0 Å². The summed E-state index contributed by atoms with van der Waals surface area (Å²) in [7, 11) is 0. The SMILES string of the molecule is CCc1cc(CN)c(O)c2c1C[C@H]1C[C@H]3CC(C)=C(C(C)=O)C(=O)[C@@]3(O)C(=O)C1C2=O. The molecule has 3 aliphatic carbocycles. The van der Waals surface area contributed by atoms with E-state index in [0.29, 0.717) is 30.4 Å². The first kappa shape index (κ1) is 21.6. The summed E-state index contributed by atoms with van der Waals surface area (Å²) in [6.07, 6.45) is 1.62. The average Bonchev–Trinajstić information content (AvgIpc) is 2.70. The van der Waals surface area contributed by atoms with Crippen molar-refractivity contribution in [2.75, 3.05) is 0 Å². The van der Waals surface area contributed by atoms with Crippen LogP contribution in [0.3, 0.4) is 0 Å². The van der Waals surface area contributed by atoms with E-state index in [1.165, 1.54) is 6.92 Å². The lowest BCUT2D eigenvalue weighted by atomic mass is 9.54. The minimum atomic E-state index is -2.39. The summed E-state index contributed by atoms with van der Waals surface area (Å²) in [4.78, 5) is 52.1. The van der Waals surface area contributed by atoms with Gasteiger partial charge in [-0.25, -0.2) is 0 Å². The van der Waals surface area contributed by atoms with Crippen molar-refractivity contribution in [2.45, 2.75) is 58.6 Å². The smallest absolute Gasteiger partial charge is 0.205 e. The molecule has 4 atom stereocenters. The van der Waals surface area contributed by atoms with Crippen molar-refractivity contribution in [3.8, 4) is 5.75 Å². The highest BCUT2D eigenvalue weighted by atomic mass is 16.3. The number of benzene rings is 1. The Morgan fingerprint density at radius 1 is 1.23 bits per heavy atom. The number of allylic oxidation sites excluding steroid dienone is 1. The largest absolute Gasteiger partial charge is 0.507 e. The van der Waals surface area contributed by atoms with Gasteiger partial charge in [0.15, 0.2) is 23.0 Å². The molecule has 1 saturated carbocycles. The van der Waals surface area contributed by atoms with Crippen molar-refractivity contribution in [1.29, 1.82) is 0 Å².